The van der Waals surface area contributed by atoms with Crippen LogP contribution >= 0.6 is 0 Å². The number of Topliss-reactive ketones (excluding diaryl/α,β-unsaturated/α-hetero) is 1. The van der Waals surface area contributed by atoms with Crippen molar-refractivity contribution >= 4 is 17.7 Å². The first kappa shape index (κ1) is 19.4. The first-order valence-corrected chi connectivity index (χ1v) is 7.58. The Labute approximate surface area is 139 Å². The lowest BCUT2D eigenvalue weighted by atomic mass is 10.2. The van der Waals surface area contributed by atoms with Gasteiger partial charge in [0.2, 0.25) is 11.3 Å². The summed E-state index contributed by atoms with van der Waals surface area (Å²) in [5.74, 6) is -1.31. The van der Waals surface area contributed by atoms with Crippen LogP contribution in [0.4, 0.5) is 0 Å². The van der Waals surface area contributed by atoms with Crippen molar-refractivity contribution in [3.05, 3.63) is 28.2 Å². The monoisotopic (exact) mass is 338 g/mol. The predicted octanol–water partition coefficient (Wildman–Crippen LogP) is 0.281. The number of pyridine rings is 1. The summed E-state index contributed by atoms with van der Waals surface area (Å²) in [5.41, 5.74) is 0.253. The van der Waals surface area contributed by atoms with Gasteiger partial charge in [-0.2, -0.15) is 0 Å². The molecule has 1 amide bonds. The minimum atomic E-state index is -0.463. The third-order valence-corrected chi connectivity index (χ3v) is 3.44. The highest BCUT2D eigenvalue weighted by Gasteiger charge is 2.09. The Morgan fingerprint density at radius 3 is 2.62 bits per heavy atom. The molecule has 0 radical (unpaired) electrons. The van der Waals surface area contributed by atoms with E-state index in [0.717, 1.165) is 0 Å². The predicted molar refractivity (Wildman–Crippen MR) is 85.6 cm³/mol. The van der Waals surface area contributed by atoms with Gasteiger partial charge in [-0.25, -0.2) is 0 Å². The summed E-state index contributed by atoms with van der Waals surface area (Å²) in [5, 5.41) is 11.9. The minimum Gasteiger partial charge on any atom is -0.503 e. The highest BCUT2D eigenvalue weighted by molar-refractivity contribution is 5.88. The minimum absolute atomic E-state index is 0.000321. The molecule has 0 bridgehead atoms. The SMILES string of the molecule is COC(=O)CCC(=O)CNC(=O)CCCn1cc(O)c(=O)cc1C. The number of ether oxygens (including phenoxy) is 1. The van der Waals surface area contributed by atoms with Crippen LogP contribution in [0.2, 0.25) is 0 Å². The van der Waals surface area contributed by atoms with E-state index in [2.05, 4.69) is 10.1 Å². The number of ketones is 1. The number of rotatable bonds is 9. The molecule has 0 aliphatic rings. The fourth-order valence-corrected chi connectivity index (χ4v) is 2.03. The number of aromatic hydroxyl groups is 1. The van der Waals surface area contributed by atoms with Crippen LogP contribution in [0.15, 0.2) is 17.1 Å². The van der Waals surface area contributed by atoms with Gasteiger partial charge in [-0.3, -0.25) is 19.2 Å². The van der Waals surface area contributed by atoms with Gasteiger partial charge in [-0.1, -0.05) is 0 Å². The Balaban J connectivity index is 2.29. The highest BCUT2D eigenvalue weighted by atomic mass is 16.5. The summed E-state index contributed by atoms with van der Waals surface area (Å²) in [4.78, 5) is 45.3. The molecule has 24 heavy (non-hydrogen) atoms. The molecule has 8 nitrogen and oxygen atoms in total. The summed E-state index contributed by atoms with van der Waals surface area (Å²) >= 11 is 0. The van der Waals surface area contributed by atoms with Gasteiger partial charge in [0.25, 0.3) is 0 Å². The number of aromatic nitrogens is 1. The van der Waals surface area contributed by atoms with Crippen LogP contribution in [-0.4, -0.2) is 41.0 Å². The number of hydrogen-bond acceptors (Lipinski definition) is 6. The smallest absolute Gasteiger partial charge is 0.305 e. The Morgan fingerprint density at radius 1 is 1.25 bits per heavy atom. The summed E-state index contributed by atoms with van der Waals surface area (Å²) in [7, 11) is 1.25. The number of nitrogens with zero attached hydrogens (tertiary/aromatic N) is 1. The molecule has 8 heteroatoms. The van der Waals surface area contributed by atoms with E-state index in [0.29, 0.717) is 18.7 Å². The maximum absolute atomic E-state index is 11.7. The van der Waals surface area contributed by atoms with Crippen molar-refractivity contribution < 1.29 is 24.2 Å². The van der Waals surface area contributed by atoms with E-state index in [1.807, 2.05) is 0 Å². The van der Waals surface area contributed by atoms with Crippen molar-refractivity contribution in [2.45, 2.75) is 39.2 Å². The van der Waals surface area contributed by atoms with Gasteiger partial charge in [0.15, 0.2) is 11.5 Å². The van der Waals surface area contributed by atoms with Crippen molar-refractivity contribution in [3.63, 3.8) is 0 Å². The molecule has 0 saturated carbocycles. The zero-order valence-electron chi connectivity index (χ0n) is 13.8. The maximum atomic E-state index is 11.7. The Kier molecular flexibility index (Phi) is 7.67. The third kappa shape index (κ3) is 6.64. The van der Waals surface area contributed by atoms with Crippen LogP contribution in [-0.2, 0) is 25.7 Å². The molecule has 1 rings (SSSR count). The first-order chi connectivity index (χ1) is 11.3. The van der Waals surface area contributed by atoms with Gasteiger partial charge in [-0.05, 0) is 13.3 Å². The van der Waals surface area contributed by atoms with Gasteiger partial charge >= 0.3 is 5.97 Å². The van der Waals surface area contributed by atoms with Crippen LogP contribution in [0.25, 0.3) is 0 Å². The number of methoxy groups -OCH3 is 1. The van der Waals surface area contributed by atoms with Crippen LogP contribution < -0.4 is 10.7 Å². The number of aryl methyl sites for hydroxylation is 2. The molecule has 2 N–H and O–H groups in total. The third-order valence-electron chi connectivity index (χ3n) is 3.44. The molecule has 1 aromatic rings. The van der Waals surface area contributed by atoms with Crippen molar-refractivity contribution in [2.24, 2.45) is 0 Å². The molecule has 0 saturated heterocycles. The van der Waals surface area contributed by atoms with Gasteiger partial charge < -0.3 is 19.7 Å². The largest absolute Gasteiger partial charge is 0.503 e. The van der Waals surface area contributed by atoms with Crippen LogP contribution in [0.1, 0.15) is 31.4 Å². The van der Waals surface area contributed by atoms with Crippen molar-refractivity contribution in [3.8, 4) is 5.75 Å². The number of hydrogen-bond donors (Lipinski definition) is 2. The molecule has 0 aliphatic heterocycles. The second-order valence-corrected chi connectivity index (χ2v) is 5.35. The second kappa shape index (κ2) is 9.49. The lowest BCUT2D eigenvalue weighted by Gasteiger charge is -2.10. The van der Waals surface area contributed by atoms with Crippen LogP contribution in [0, 0.1) is 6.92 Å². The van der Waals surface area contributed by atoms with Gasteiger partial charge in [0.05, 0.1) is 20.1 Å². The number of esters is 1. The molecule has 1 aromatic heterocycles. The van der Waals surface area contributed by atoms with Crippen molar-refractivity contribution in [2.75, 3.05) is 13.7 Å². The molecule has 0 aromatic carbocycles. The summed E-state index contributed by atoms with van der Waals surface area (Å²) in [6.07, 6.45) is 2.07. The quantitative estimate of drug-likeness (QED) is 0.625. The molecule has 1 heterocycles. The van der Waals surface area contributed by atoms with E-state index in [-0.39, 0.29) is 43.2 Å². The number of nitrogens with one attached hydrogen (secondary N) is 1. The van der Waals surface area contributed by atoms with E-state index < -0.39 is 11.4 Å². The zero-order valence-corrected chi connectivity index (χ0v) is 13.8. The van der Waals surface area contributed by atoms with Crippen molar-refractivity contribution in [1.82, 2.24) is 9.88 Å². The Morgan fingerprint density at radius 2 is 1.96 bits per heavy atom. The van der Waals surface area contributed by atoms with Crippen molar-refractivity contribution in [1.29, 1.82) is 0 Å². The first-order valence-electron chi connectivity index (χ1n) is 7.58. The van der Waals surface area contributed by atoms with Gasteiger partial charge in [0.1, 0.15) is 0 Å². The molecule has 132 valence electrons. The fourth-order valence-electron chi connectivity index (χ4n) is 2.03. The normalized spacial score (nSPS) is 10.2. The average molecular weight is 338 g/mol. The standard InChI is InChI=1S/C16H22N2O6/c1-11-8-13(20)14(21)10-18(11)7-3-4-15(22)17-9-12(19)5-6-16(23)24-2/h8,10,21H,3-7,9H2,1-2H3,(H,17,22). The maximum Gasteiger partial charge on any atom is 0.305 e. The molecule has 0 atom stereocenters. The second-order valence-electron chi connectivity index (χ2n) is 5.35. The fraction of sp³-hybridized carbons (Fsp3) is 0.500. The molecule has 0 spiro atoms. The molecule has 0 unspecified atom stereocenters. The topological polar surface area (TPSA) is 115 Å². The van der Waals surface area contributed by atoms with E-state index in [9.17, 15) is 24.3 Å². The zero-order chi connectivity index (χ0) is 18.1. The van der Waals surface area contributed by atoms with Crippen LogP contribution in [0.5, 0.6) is 5.75 Å². The van der Waals surface area contributed by atoms with E-state index in [4.69, 9.17) is 0 Å². The number of carbonyl (C=O) groups is 3. The number of carbonyl (C=O) groups excluding carboxylic acids is 3. The summed E-state index contributed by atoms with van der Waals surface area (Å²) < 4.78 is 6.11. The lowest BCUT2D eigenvalue weighted by Crippen LogP contribution is -2.29. The highest BCUT2D eigenvalue weighted by Crippen LogP contribution is 2.06. The molecule has 0 fully saturated rings. The van der Waals surface area contributed by atoms with E-state index in [1.165, 1.54) is 19.4 Å². The summed E-state index contributed by atoms with van der Waals surface area (Å²) in [6, 6.07) is 1.33. The number of amides is 1. The molecule has 0 aliphatic carbocycles. The lowest BCUT2D eigenvalue weighted by molar-refractivity contribution is -0.141. The van der Waals surface area contributed by atoms with Gasteiger partial charge in [0, 0.05) is 37.3 Å². The molecular weight excluding hydrogens is 316 g/mol. The van der Waals surface area contributed by atoms with E-state index >= 15 is 0 Å². The average Bonchev–Trinajstić information content (AvgIpc) is 2.55. The van der Waals surface area contributed by atoms with Crippen LogP contribution in [0.3, 0.4) is 0 Å². The van der Waals surface area contributed by atoms with Gasteiger partial charge in [-0.15, -0.1) is 0 Å². The Bertz CT molecular complexity index is 665. The van der Waals surface area contributed by atoms with E-state index in [1.54, 1.807) is 11.5 Å². The Hall–Kier alpha value is -2.64. The summed E-state index contributed by atoms with van der Waals surface area (Å²) in [6.45, 7) is 2.08. The molecular formula is C16H22N2O6.